The third-order valence-electron chi connectivity index (χ3n) is 4.11. The Bertz CT molecular complexity index is 468. The molecule has 2 rings (SSSR count). The molecule has 3 heteroatoms. The number of rotatable bonds is 5. The van der Waals surface area contributed by atoms with Gasteiger partial charge in [0.25, 0.3) is 5.91 Å². The minimum Gasteiger partial charge on any atom is -0.393 e. The molecule has 2 N–H and O–H groups in total. The monoisotopic (exact) mass is 275 g/mol. The molecule has 1 aliphatic rings. The fourth-order valence-corrected chi connectivity index (χ4v) is 2.64. The van der Waals surface area contributed by atoms with E-state index in [1.54, 1.807) is 0 Å². The maximum absolute atomic E-state index is 12.1. The summed E-state index contributed by atoms with van der Waals surface area (Å²) >= 11 is 0. The average Bonchev–Trinajstić information content (AvgIpc) is 2.46. The van der Waals surface area contributed by atoms with Gasteiger partial charge in [-0.15, -0.1) is 0 Å². The summed E-state index contributed by atoms with van der Waals surface area (Å²) in [4.78, 5) is 12.1. The van der Waals surface area contributed by atoms with Crippen LogP contribution in [-0.2, 0) is 12.8 Å². The lowest BCUT2D eigenvalue weighted by atomic mass is 9.90. The first kappa shape index (κ1) is 15.0. The zero-order valence-corrected chi connectivity index (χ0v) is 12.5. The highest BCUT2D eigenvalue weighted by Crippen LogP contribution is 2.22. The molecule has 1 aromatic rings. The Morgan fingerprint density at radius 1 is 1.25 bits per heavy atom. The van der Waals surface area contributed by atoms with Gasteiger partial charge in [0.2, 0.25) is 0 Å². The van der Waals surface area contributed by atoms with Crippen LogP contribution in [0.3, 0.4) is 0 Å². The van der Waals surface area contributed by atoms with Crippen molar-refractivity contribution in [3.8, 4) is 0 Å². The second-order valence-electron chi connectivity index (χ2n) is 6.05. The molecular formula is C17H25NO2. The average molecular weight is 275 g/mol. The Morgan fingerprint density at radius 2 is 1.95 bits per heavy atom. The van der Waals surface area contributed by atoms with Gasteiger partial charge >= 0.3 is 0 Å². The van der Waals surface area contributed by atoms with E-state index in [0.717, 1.165) is 18.4 Å². The lowest BCUT2D eigenvalue weighted by Crippen LogP contribution is -2.28. The van der Waals surface area contributed by atoms with Crippen molar-refractivity contribution in [2.24, 2.45) is 5.92 Å². The van der Waals surface area contributed by atoms with Gasteiger partial charge in [-0.05, 0) is 61.3 Å². The van der Waals surface area contributed by atoms with Crippen molar-refractivity contribution in [3.63, 3.8) is 0 Å². The summed E-state index contributed by atoms with van der Waals surface area (Å²) in [5.74, 6) is 0.199. The number of carbonyl (C=O) groups is 1. The molecule has 0 bridgehead atoms. The van der Waals surface area contributed by atoms with Gasteiger partial charge in [-0.1, -0.05) is 19.9 Å². The number of fused-ring (bicyclic) bond motifs is 1. The lowest BCUT2D eigenvalue weighted by molar-refractivity contribution is 0.0920. The molecule has 0 saturated heterocycles. The first-order valence-corrected chi connectivity index (χ1v) is 7.66. The minimum absolute atomic E-state index is 0.0330. The van der Waals surface area contributed by atoms with Gasteiger partial charge in [0, 0.05) is 12.1 Å². The summed E-state index contributed by atoms with van der Waals surface area (Å²) in [5, 5.41) is 12.6. The van der Waals surface area contributed by atoms with E-state index >= 15 is 0 Å². The molecule has 0 radical (unpaired) electrons. The lowest BCUT2D eigenvalue weighted by Gasteiger charge is -2.17. The molecule has 1 amide bonds. The van der Waals surface area contributed by atoms with Crippen LogP contribution in [0.1, 0.15) is 54.6 Å². The van der Waals surface area contributed by atoms with Gasteiger partial charge in [0.1, 0.15) is 0 Å². The fourth-order valence-electron chi connectivity index (χ4n) is 2.64. The Kier molecular flexibility index (Phi) is 5.18. The van der Waals surface area contributed by atoms with Gasteiger partial charge in [0.05, 0.1) is 6.10 Å². The zero-order valence-electron chi connectivity index (χ0n) is 12.5. The number of carbonyl (C=O) groups excluding carboxylic acids is 1. The number of benzene rings is 1. The van der Waals surface area contributed by atoms with Crippen LogP contribution in [0, 0.1) is 5.92 Å². The van der Waals surface area contributed by atoms with Crippen LogP contribution in [0.5, 0.6) is 0 Å². The van der Waals surface area contributed by atoms with Crippen molar-refractivity contribution >= 4 is 5.91 Å². The Labute approximate surface area is 121 Å². The number of aliphatic hydroxyl groups is 1. The molecule has 0 spiro atoms. The number of aliphatic hydroxyl groups excluding tert-OH is 1. The van der Waals surface area contributed by atoms with E-state index in [4.69, 9.17) is 0 Å². The molecule has 110 valence electrons. The van der Waals surface area contributed by atoms with Crippen molar-refractivity contribution in [1.82, 2.24) is 5.32 Å². The molecule has 1 aromatic carbocycles. The highest BCUT2D eigenvalue weighted by atomic mass is 16.3. The predicted molar refractivity (Wildman–Crippen MR) is 80.9 cm³/mol. The molecule has 1 atom stereocenters. The van der Waals surface area contributed by atoms with Crippen LogP contribution < -0.4 is 5.32 Å². The van der Waals surface area contributed by atoms with Gasteiger partial charge in [-0.25, -0.2) is 0 Å². The van der Waals surface area contributed by atoms with Crippen molar-refractivity contribution in [2.45, 2.75) is 52.1 Å². The van der Waals surface area contributed by atoms with Crippen LogP contribution >= 0.6 is 0 Å². The SMILES string of the molecule is CC(C)C(O)CCNC(=O)c1ccc2c(c1)CCCC2. The zero-order chi connectivity index (χ0) is 14.5. The van der Waals surface area contributed by atoms with E-state index in [9.17, 15) is 9.90 Å². The van der Waals surface area contributed by atoms with E-state index < -0.39 is 0 Å². The topological polar surface area (TPSA) is 49.3 Å². The standard InChI is InChI=1S/C17H25NO2/c1-12(2)16(19)9-10-18-17(20)15-8-7-13-5-3-4-6-14(13)11-15/h7-8,11-12,16,19H,3-6,9-10H2,1-2H3,(H,18,20). The number of hydrogen-bond acceptors (Lipinski definition) is 2. The van der Waals surface area contributed by atoms with Crippen LogP contribution in [0.4, 0.5) is 0 Å². The van der Waals surface area contributed by atoms with Crippen LogP contribution in [0.25, 0.3) is 0 Å². The van der Waals surface area contributed by atoms with Crippen LogP contribution in [0.2, 0.25) is 0 Å². The predicted octanol–water partition coefficient (Wildman–Crippen LogP) is 2.70. The van der Waals surface area contributed by atoms with E-state index in [1.807, 2.05) is 26.0 Å². The number of aryl methyl sites for hydroxylation is 2. The molecule has 3 nitrogen and oxygen atoms in total. The number of amides is 1. The molecule has 1 unspecified atom stereocenters. The first-order chi connectivity index (χ1) is 9.58. The van der Waals surface area contributed by atoms with Crippen molar-refractivity contribution in [3.05, 3.63) is 34.9 Å². The van der Waals surface area contributed by atoms with Crippen molar-refractivity contribution < 1.29 is 9.90 Å². The highest BCUT2D eigenvalue weighted by Gasteiger charge is 2.13. The normalized spacial score (nSPS) is 15.8. The fraction of sp³-hybridized carbons (Fsp3) is 0.588. The second-order valence-corrected chi connectivity index (χ2v) is 6.05. The van der Waals surface area contributed by atoms with E-state index in [-0.39, 0.29) is 17.9 Å². The Balaban J connectivity index is 1.89. The van der Waals surface area contributed by atoms with Crippen LogP contribution in [-0.4, -0.2) is 23.7 Å². The first-order valence-electron chi connectivity index (χ1n) is 7.66. The molecule has 20 heavy (non-hydrogen) atoms. The Morgan fingerprint density at radius 3 is 2.65 bits per heavy atom. The Hall–Kier alpha value is -1.35. The maximum Gasteiger partial charge on any atom is 0.251 e. The summed E-state index contributed by atoms with van der Waals surface area (Å²) in [7, 11) is 0. The van der Waals surface area contributed by atoms with Gasteiger partial charge in [0.15, 0.2) is 0 Å². The molecular weight excluding hydrogens is 250 g/mol. The summed E-state index contributed by atoms with van der Waals surface area (Å²) in [5.41, 5.74) is 3.46. The summed E-state index contributed by atoms with van der Waals surface area (Å²) in [6, 6.07) is 6.04. The van der Waals surface area contributed by atoms with Gasteiger partial charge in [-0.3, -0.25) is 4.79 Å². The summed E-state index contributed by atoms with van der Waals surface area (Å²) < 4.78 is 0. The second kappa shape index (κ2) is 6.89. The van der Waals surface area contributed by atoms with Crippen molar-refractivity contribution in [2.75, 3.05) is 6.54 Å². The number of nitrogens with one attached hydrogen (secondary N) is 1. The largest absolute Gasteiger partial charge is 0.393 e. The third-order valence-corrected chi connectivity index (χ3v) is 4.11. The van der Waals surface area contributed by atoms with Crippen LogP contribution in [0.15, 0.2) is 18.2 Å². The van der Waals surface area contributed by atoms with E-state index in [2.05, 4.69) is 11.4 Å². The van der Waals surface area contributed by atoms with Gasteiger partial charge in [-0.2, -0.15) is 0 Å². The molecule has 0 aliphatic heterocycles. The van der Waals surface area contributed by atoms with E-state index in [0.29, 0.717) is 13.0 Å². The van der Waals surface area contributed by atoms with E-state index in [1.165, 1.54) is 24.0 Å². The summed E-state index contributed by atoms with van der Waals surface area (Å²) in [6.07, 6.45) is 4.96. The quantitative estimate of drug-likeness (QED) is 0.868. The third kappa shape index (κ3) is 3.83. The van der Waals surface area contributed by atoms with Gasteiger partial charge < -0.3 is 10.4 Å². The molecule has 1 aliphatic carbocycles. The minimum atomic E-state index is -0.348. The molecule has 0 saturated carbocycles. The molecule has 0 fully saturated rings. The highest BCUT2D eigenvalue weighted by molar-refractivity contribution is 5.94. The summed E-state index contributed by atoms with van der Waals surface area (Å²) in [6.45, 7) is 4.49. The molecule has 0 aromatic heterocycles. The maximum atomic E-state index is 12.1. The van der Waals surface area contributed by atoms with Crippen molar-refractivity contribution in [1.29, 1.82) is 0 Å². The molecule has 0 heterocycles. The number of hydrogen-bond donors (Lipinski definition) is 2. The smallest absolute Gasteiger partial charge is 0.251 e.